The van der Waals surface area contributed by atoms with E-state index < -0.39 is 11.9 Å². The number of amides is 1. The zero-order chi connectivity index (χ0) is 25.6. The molecule has 196 valence electrons. The standard InChI is InChI=1S/C30H48N2O3/c1-5-6-7-8-9-10-11-12-13-14-15-16-17-18-23-32-28(27(24(2)33)29(34)30(32)35)25-19-21-26(22-20-25)31(3)4/h19-22,28,34H,5-18,23H2,1-4H3/t28-/m0/s1. The molecule has 1 aromatic carbocycles. The van der Waals surface area contributed by atoms with Crippen molar-refractivity contribution in [3.63, 3.8) is 0 Å². The van der Waals surface area contributed by atoms with Gasteiger partial charge < -0.3 is 14.9 Å². The summed E-state index contributed by atoms with van der Waals surface area (Å²) in [6.45, 7) is 4.24. The van der Waals surface area contributed by atoms with E-state index in [1.165, 1.54) is 84.0 Å². The molecule has 0 fully saturated rings. The van der Waals surface area contributed by atoms with Crippen LogP contribution in [-0.2, 0) is 9.59 Å². The fraction of sp³-hybridized carbons (Fsp3) is 0.667. The van der Waals surface area contributed by atoms with Gasteiger partial charge in [0.05, 0.1) is 11.6 Å². The van der Waals surface area contributed by atoms with E-state index in [1.807, 2.05) is 43.3 Å². The minimum atomic E-state index is -0.502. The fourth-order valence-electron chi connectivity index (χ4n) is 5.02. The quantitative estimate of drug-likeness (QED) is 0.219. The zero-order valence-corrected chi connectivity index (χ0v) is 22.7. The van der Waals surface area contributed by atoms with E-state index in [1.54, 1.807) is 4.90 Å². The molecule has 0 radical (unpaired) electrons. The SMILES string of the molecule is CCCCCCCCCCCCCCCCN1C(=O)C(O)=C(C(C)=O)[C@@H]1c1ccc(N(C)C)cc1. The number of nitrogens with zero attached hydrogens (tertiary/aromatic N) is 2. The Labute approximate surface area is 213 Å². The minimum Gasteiger partial charge on any atom is -0.503 e. The van der Waals surface area contributed by atoms with Gasteiger partial charge in [-0.25, -0.2) is 0 Å². The third-order valence-electron chi connectivity index (χ3n) is 7.16. The van der Waals surface area contributed by atoms with E-state index in [9.17, 15) is 14.7 Å². The Hall–Kier alpha value is -2.30. The maximum Gasteiger partial charge on any atom is 0.290 e. The Morgan fingerprint density at radius 1 is 0.829 bits per heavy atom. The summed E-state index contributed by atoms with van der Waals surface area (Å²) >= 11 is 0. The number of anilines is 1. The van der Waals surface area contributed by atoms with Crippen molar-refractivity contribution in [2.45, 2.75) is 110 Å². The highest BCUT2D eigenvalue weighted by Crippen LogP contribution is 2.38. The molecule has 0 aromatic heterocycles. The van der Waals surface area contributed by atoms with Crippen LogP contribution < -0.4 is 4.90 Å². The average Bonchev–Trinajstić information content (AvgIpc) is 3.09. The van der Waals surface area contributed by atoms with E-state index in [0.29, 0.717) is 6.54 Å². The Balaban J connectivity index is 1.74. The third kappa shape index (κ3) is 9.01. The molecule has 2 rings (SSSR count). The lowest BCUT2D eigenvalue weighted by molar-refractivity contribution is -0.129. The van der Waals surface area contributed by atoms with Gasteiger partial charge in [0.1, 0.15) is 0 Å². The first kappa shape index (κ1) is 28.9. The van der Waals surface area contributed by atoms with E-state index in [0.717, 1.165) is 24.1 Å². The zero-order valence-electron chi connectivity index (χ0n) is 22.7. The summed E-state index contributed by atoms with van der Waals surface area (Å²) in [5, 5.41) is 10.4. The topological polar surface area (TPSA) is 60.9 Å². The van der Waals surface area contributed by atoms with Crippen LogP contribution in [0.3, 0.4) is 0 Å². The largest absolute Gasteiger partial charge is 0.503 e. The van der Waals surface area contributed by atoms with Crippen molar-refractivity contribution < 1.29 is 14.7 Å². The van der Waals surface area contributed by atoms with Crippen LogP contribution in [0.15, 0.2) is 35.6 Å². The summed E-state index contributed by atoms with van der Waals surface area (Å²) in [4.78, 5) is 28.8. The van der Waals surface area contributed by atoms with Gasteiger partial charge in [-0.05, 0) is 31.0 Å². The van der Waals surface area contributed by atoms with Gasteiger partial charge in [-0.15, -0.1) is 0 Å². The van der Waals surface area contributed by atoms with E-state index in [-0.39, 0.29) is 17.1 Å². The maximum absolute atomic E-state index is 12.8. The van der Waals surface area contributed by atoms with Crippen molar-refractivity contribution in [1.29, 1.82) is 0 Å². The average molecular weight is 485 g/mol. The van der Waals surface area contributed by atoms with Crippen LogP contribution in [-0.4, -0.2) is 42.3 Å². The highest BCUT2D eigenvalue weighted by atomic mass is 16.3. The van der Waals surface area contributed by atoms with Gasteiger partial charge in [0.15, 0.2) is 11.5 Å². The summed E-state index contributed by atoms with van der Waals surface area (Å²) in [5.41, 5.74) is 2.13. The first-order valence-electron chi connectivity index (χ1n) is 13.9. The van der Waals surface area contributed by atoms with E-state index >= 15 is 0 Å². The van der Waals surface area contributed by atoms with Crippen LogP contribution in [0.25, 0.3) is 0 Å². The second-order valence-electron chi connectivity index (χ2n) is 10.3. The van der Waals surface area contributed by atoms with Crippen LogP contribution in [0.5, 0.6) is 0 Å². The number of carbonyl (C=O) groups excluding carboxylic acids is 2. The molecule has 0 bridgehead atoms. The lowest BCUT2D eigenvalue weighted by Gasteiger charge is -2.27. The molecule has 1 atom stereocenters. The van der Waals surface area contributed by atoms with Gasteiger partial charge in [0.2, 0.25) is 0 Å². The van der Waals surface area contributed by atoms with Crippen molar-refractivity contribution in [3.8, 4) is 0 Å². The van der Waals surface area contributed by atoms with Gasteiger partial charge in [-0.3, -0.25) is 9.59 Å². The predicted octanol–water partition coefficient (Wildman–Crippen LogP) is 7.52. The summed E-state index contributed by atoms with van der Waals surface area (Å²) < 4.78 is 0. The molecular formula is C30H48N2O3. The first-order valence-corrected chi connectivity index (χ1v) is 13.9. The summed E-state index contributed by atoms with van der Waals surface area (Å²) in [6.07, 6.45) is 18.0. The smallest absolute Gasteiger partial charge is 0.290 e. The van der Waals surface area contributed by atoms with Crippen molar-refractivity contribution in [3.05, 3.63) is 41.2 Å². The number of hydrogen-bond acceptors (Lipinski definition) is 4. The molecule has 0 saturated carbocycles. The Kier molecular flexibility index (Phi) is 12.9. The summed E-state index contributed by atoms with van der Waals surface area (Å²) in [5.74, 6) is -1.06. The van der Waals surface area contributed by atoms with Crippen molar-refractivity contribution in [1.82, 2.24) is 4.90 Å². The Morgan fingerprint density at radius 3 is 1.71 bits per heavy atom. The molecule has 0 aliphatic carbocycles. The van der Waals surface area contributed by atoms with Crippen LogP contribution in [0.2, 0.25) is 0 Å². The predicted molar refractivity (Wildman–Crippen MR) is 146 cm³/mol. The van der Waals surface area contributed by atoms with Gasteiger partial charge >= 0.3 is 0 Å². The number of Topliss-reactive ketones (excluding diaryl/α,β-unsaturated/α-hetero) is 1. The number of benzene rings is 1. The lowest BCUT2D eigenvalue weighted by atomic mass is 9.96. The monoisotopic (exact) mass is 484 g/mol. The summed E-state index contributed by atoms with van der Waals surface area (Å²) in [6, 6.07) is 7.37. The molecule has 1 amide bonds. The van der Waals surface area contributed by atoms with Gasteiger partial charge in [0.25, 0.3) is 5.91 Å². The molecule has 1 heterocycles. The fourth-order valence-corrected chi connectivity index (χ4v) is 5.02. The second-order valence-corrected chi connectivity index (χ2v) is 10.3. The lowest BCUT2D eigenvalue weighted by Crippen LogP contribution is -2.32. The highest BCUT2D eigenvalue weighted by Gasteiger charge is 2.41. The van der Waals surface area contributed by atoms with Gasteiger partial charge in [-0.2, -0.15) is 0 Å². The van der Waals surface area contributed by atoms with Crippen molar-refractivity contribution >= 4 is 17.4 Å². The van der Waals surface area contributed by atoms with Gasteiger partial charge in [-0.1, -0.05) is 103 Å². The Morgan fingerprint density at radius 2 is 1.29 bits per heavy atom. The number of unbranched alkanes of at least 4 members (excludes halogenated alkanes) is 13. The number of rotatable bonds is 18. The first-order chi connectivity index (χ1) is 16.9. The number of hydrogen-bond donors (Lipinski definition) is 1. The molecule has 5 heteroatoms. The van der Waals surface area contributed by atoms with Crippen LogP contribution in [0.4, 0.5) is 5.69 Å². The molecule has 1 aliphatic rings. The van der Waals surface area contributed by atoms with Crippen LogP contribution in [0, 0.1) is 0 Å². The number of carbonyl (C=O) groups is 2. The second kappa shape index (κ2) is 15.6. The van der Waals surface area contributed by atoms with Gasteiger partial charge in [0, 0.05) is 26.3 Å². The molecule has 1 aliphatic heterocycles. The van der Waals surface area contributed by atoms with Crippen molar-refractivity contribution in [2.75, 3.05) is 25.5 Å². The van der Waals surface area contributed by atoms with Crippen LogP contribution in [0.1, 0.15) is 115 Å². The molecule has 35 heavy (non-hydrogen) atoms. The molecule has 1 N–H and O–H groups in total. The minimum absolute atomic E-state index is 0.220. The normalized spacial score (nSPS) is 15.8. The molecule has 0 unspecified atom stereocenters. The number of ketones is 1. The molecular weight excluding hydrogens is 436 g/mol. The molecule has 0 saturated heterocycles. The maximum atomic E-state index is 12.8. The van der Waals surface area contributed by atoms with E-state index in [2.05, 4.69) is 6.92 Å². The molecule has 0 spiro atoms. The highest BCUT2D eigenvalue weighted by molar-refractivity contribution is 6.08. The molecule has 1 aromatic rings. The third-order valence-corrected chi connectivity index (χ3v) is 7.16. The van der Waals surface area contributed by atoms with Crippen molar-refractivity contribution in [2.24, 2.45) is 0 Å². The van der Waals surface area contributed by atoms with E-state index in [4.69, 9.17) is 0 Å². The van der Waals surface area contributed by atoms with Crippen LogP contribution >= 0.6 is 0 Å². The Bertz CT molecular complexity index is 813. The molecule has 5 nitrogen and oxygen atoms in total. The summed E-state index contributed by atoms with van der Waals surface area (Å²) in [7, 11) is 3.95. The number of aliphatic hydroxyl groups is 1. The number of aliphatic hydroxyl groups excluding tert-OH is 1.